The number of ether oxygens (including phenoxy) is 1. The van der Waals surface area contributed by atoms with E-state index < -0.39 is 10.0 Å². The maximum atomic E-state index is 12.6. The van der Waals surface area contributed by atoms with E-state index in [0.29, 0.717) is 5.69 Å². The Bertz CT molecular complexity index is 1420. The SMILES string of the molecule is Cc1ccc(S(=O)(=O)Nc2ccc(N3CCN(Cc4cccc(Oc5ccccc5)c4)CC3)nc2)cc1. The first-order chi connectivity index (χ1) is 17.9. The topological polar surface area (TPSA) is 74.8 Å². The summed E-state index contributed by atoms with van der Waals surface area (Å²) in [5.41, 5.74) is 2.67. The lowest BCUT2D eigenvalue weighted by atomic mass is 10.2. The van der Waals surface area contributed by atoms with Gasteiger partial charge < -0.3 is 9.64 Å². The normalized spacial score (nSPS) is 14.4. The zero-order valence-electron chi connectivity index (χ0n) is 20.7. The van der Waals surface area contributed by atoms with Crippen LogP contribution in [0.1, 0.15) is 11.1 Å². The van der Waals surface area contributed by atoms with E-state index in [-0.39, 0.29) is 4.90 Å². The molecule has 1 saturated heterocycles. The predicted molar refractivity (Wildman–Crippen MR) is 147 cm³/mol. The van der Waals surface area contributed by atoms with Crippen LogP contribution in [0.5, 0.6) is 11.5 Å². The van der Waals surface area contributed by atoms with Gasteiger partial charge in [0.1, 0.15) is 17.3 Å². The van der Waals surface area contributed by atoms with Crippen LogP contribution < -0.4 is 14.4 Å². The average molecular weight is 515 g/mol. The molecule has 0 amide bonds. The number of nitrogens with one attached hydrogen (secondary N) is 1. The molecule has 0 bridgehead atoms. The van der Waals surface area contributed by atoms with Gasteiger partial charge in [0, 0.05) is 32.7 Å². The molecule has 7 nitrogen and oxygen atoms in total. The molecule has 0 aliphatic carbocycles. The quantitative estimate of drug-likeness (QED) is 0.344. The van der Waals surface area contributed by atoms with Crippen LogP contribution in [0.4, 0.5) is 11.5 Å². The van der Waals surface area contributed by atoms with Gasteiger partial charge in [0.25, 0.3) is 10.0 Å². The first-order valence-electron chi connectivity index (χ1n) is 12.3. The summed E-state index contributed by atoms with van der Waals surface area (Å²) >= 11 is 0. The maximum Gasteiger partial charge on any atom is 0.261 e. The number of hydrogen-bond donors (Lipinski definition) is 1. The van der Waals surface area contributed by atoms with Crippen LogP contribution >= 0.6 is 0 Å². The molecule has 0 radical (unpaired) electrons. The molecule has 0 spiro atoms. The van der Waals surface area contributed by atoms with Gasteiger partial charge in [-0.1, -0.05) is 48.0 Å². The third-order valence-electron chi connectivity index (χ3n) is 6.31. The zero-order valence-corrected chi connectivity index (χ0v) is 21.6. The van der Waals surface area contributed by atoms with Crippen LogP contribution in [0.3, 0.4) is 0 Å². The average Bonchev–Trinajstić information content (AvgIpc) is 2.91. The fraction of sp³-hybridized carbons (Fsp3) is 0.207. The van der Waals surface area contributed by atoms with Crippen molar-refractivity contribution in [2.75, 3.05) is 35.8 Å². The van der Waals surface area contributed by atoms with Crippen LogP contribution in [-0.4, -0.2) is 44.5 Å². The molecule has 1 N–H and O–H groups in total. The van der Waals surface area contributed by atoms with Gasteiger partial charge in [0.2, 0.25) is 0 Å². The summed E-state index contributed by atoms with van der Waals surface area (Å²) in [6.07, 6.45) is 1.58. The smallest absolute Gasteiger partial charge is 0.261 e. The molecule has 190 valence electrons. The summed E-state index contributed by atoms with van der Waals surface area (Å²) in [4.78, 5) is 9.40. The summed E-state index contributed by atoms with van der Waals surface area (Å²) in [5, 5.41) is 0. The maximum absolute atomic E-state index is 12.6. The highest BCUT2D eigenvalue weighted by Gasteiger charge is 2.19. The van der Waals surface area contributed by atoms with Crippen molar-refractivity contribution < 1.29 is 13.2 Å². The molecule has 5 rings (SSSR count). The van der Waals surface area contributed by atoms with E-state index in [1.165, 1.54) is 5.56 Å². The van der Waals surface area contributed by atoms with Crippen LogP contribution in [0.15, 0.2) is 102 Å². The fourth-order valence-corrected chi connectivity index (χ4v) is 5.33. The van der Waals surface area contributed by atoms with Crippen molar-refractivity contribution in [1.29, 1.82) is 0 Å². The molecule has 0 atom stereocenters. The standard InChI is InChI=1S/C29H30N4O3S/c1-23-10-13-28(14-11-23)37(34,35)31-25-12-15-29(30-21-25)33-18-16-32(17-19-33)22-24-6-5-9-27(20-24)36-26-7-3-2-4-8-26/h2-15,20-21,31H,16-19,22H2,1H3. The van der Waals surface area contributed by atoms with Gasteiger partial charge in [-0.15, -0.1) is 0 Å². The molecule has 1 aromatic heterocycles. The largest absolute Gasteiger partial charge is 0.457 e. The van der Waals surface area contributed by atoms with Gasteiger partial charge in [-0.25, -0.2) is 13.4 Å². The van der Waals surface area contributed by atoms with Crippen molar-refractivity contribution in [1.82, 2.24) is 9.88 Å². The number of hydrogen-bond acceptors (Lipinski definition) is 6. The highest BCUT2D eigenvalue weighted by Crippen LogP contribution is 2.24. The van der Waals surface area contributed by atoms with Gasteiger partial charge in [0.15, 0.2) is 0 Å². The Morgan fingerprint density at radius 3 is 2.27 bits per heavy atom. The second-order valence-corrected chi connectivity index (χ2v) is 10.8. The predicted octanol–water partition coefficient (Wildman–Crippen LogP) is 5.31. The number of para-hydroxylation sites is 1. The van der Waals surface area contributed by atoms with Gasteiger partial charge in [-0.05, 0) is 61.0 Å². The zero-order chi connectivity index (χ0) is 25.7. The summed E-state index contributed by atoms with van der Waals surface area (Å²) in [6, 6.07) is 28.4. The number of sulfonamides is 1. The van der Waals surface area contributed by atoms with E-state index in [9.17, 15) is 8.42 Å². The highest BCUT2D eigenvalue weighted by atomic mass is 32.2. The molecular weight excluding hydrogens is 484 g/mol. The second kappa shape index (κ2) is 11.0. The molecule has 1 aliphatic heterocycles. The van der Waals surface area contributed by atoms with E-state index in [2.05, 4.69) is 31.6 Å². The van der Waals surface area contributed by atoms with E-state index in [1.54, 1.807) is 36.5 Å². The van der Waals surface area contributed by atoms with Crippen LogP contribution in [0, 0.1) is 6.92 Å². The third-order valence-corrected chi connectivity index (χ3v) is 7.71. The van der Waals surface area contributed by atoms with Crippen LogP contribution in [0.25, 0.3) is 0 Å². The number of aromatic nitrogens is 1. The minimum atomic E-state index is -3.65. The summed E-state index contributed by atoms with van der Waals surface area (Å²) < 4.78 is 33.9. The number of nitrogens with zero attached hydrogens (tertiary/aromatic N) is 3. The molecule has 0 unspecified atom stereocenters. The number of pyridine rings is 1. The monoisotopic (exact) mass is 514 g/mol. The molecule has 1 fully saturated rings. The van der Waals surface area contributed by atoms with Gasteiger partial charge in [-0.3, -0.25) is 9.62 Å². The van der Waals surface area contributed by atoms with Gasteiger partial charge in [0.05, 0.1) is 16.8 Å². The Labute approximate surface area is 218 Å². The number of benzene rings is 3. The number of piperazine rings is 1. The summed E-state index contributed by atoms with van der Waals surface area (Å²) in [6.45, 7) is 6.29. The van der Waals surface area contributed by atoms with E-state index in [1.807, 2.05) is 55.5 Å². The highest BCUT2D eigenvalue weighted by molar-refractivity contribution is 7.92. The van der Waals surface area contributed by atoms with E-state index >= 15 is 0 Å². The molecule has 0 saturated carbocycles. The van der Waals surface area contributed by atoms with Crippen molar-refractivity contribution in [2.45, 2.75) is 18.4 Å². The van der Waals surface area contributed by atoms with Crippen molar-refractivity contribution in [2.24, 2.45) is 0 Å². The van der Waals surface area contributed by atoms with Gasteiger partial charge in [-0.2, -0.15) is 0 Å². The molecule has 2 heterocycles. The summed E-state index contributed by atoms with van der Waals surface area (Å²) in [5.74, 6) is 2.51. The lowest BCUT2D eigenvalue weighted by Crippen LogP contribution is -2.46. The van der Waals surface area contributed by atoms with Crippen LogP contribution in [0.2, 0.25) is 0 Å². The number of rotatable bonds is 8. The Balaban J connectivity index is 1.14. The fourth-order valence-electron chi connectivity index (χ4n) is 4.29. The molecule has 1 aliphatic rings. The molecule has 37 heavy (non-hydrogen) atoms. The Morgan fingerprint density at radius 2 is 1.57 bits per heavy atom. The lowest BCUT2D eigenvalue weighted by Gasteiger charge is -2.35. The van der Waals surface area contributed by atoms with Gasteiger partial charge >= 0.3 is 0 Å². The Morgan fingerprint density at radius 1 is 0.838 bits per heavy atom. The minimum Gasteiger partial charge on any atom is -0.457 e. The molecule has 8 heteroatoms. The second-order valence-electron chi connectivity index (χ2n) is 9.15. The number of anilines is 2. The first kappa shape index (κ1) is 24.8. The van der Waals surface area contributed by atoms with Crippen molar-refractivity contribution in [3.05, 3.63) is 108 Å². The Hall–Kier alpha value is -3.88. The third kappa shape index (κ3) is 6.47. The van der Waals surface area contributed by atoms with E-state index in [0.717, 1.165) is 55.6 Å². The molecular formula is C29H30N4O3S. The Kier molecular flexibility index (Phi) is 7.39. The van der Waals surface area contributed by atoms with Crippen molar-refractivity contribution in [3.8, 4) is 11.5 Å². The molecule has 3 aromatic carbocycles. The molecule has 4 aromatic rings. The minimum absolute atomic E-state index is 0.232. The number of aryl methyl sites for hydroxylation is 1. The summed E-state index contributed by atoms with van der Waals surface area (Å²) in [7, 11) is -3.65. The van der Waals surface area contributed by atoms with Crippen molar-refractivity contribution in [3.63, 3.8) is 0 Å². The first-order valence-corrected chi connectivity index (χ1v) is 13.8. The lowest BCUT2D eigenvalue weighted by molar-refractivity contribution is 0.249. The van der Waals surface area contributed by atoms with E-state index in [4.69, 9.17) is 4.74 Å². The van der Waals surface area contributed by atoms with Crippen molar-refractivity contribution >= 4 is 21.5 Å². The van der Waals surface area contributed by atoms with Crippen LogP contribution in [-0.2, 0) is 16.6 Å².